The van der Waals surface area contributed by atoms with Crippen molar-refractivity contribution in [2.45, 2.75) is 135 Å². The first-order chi connectivity index (χ1) is 14.1. The number of halogens is 1. The van der Waals surface area contributed by atoms with E-state index in [1.807, 2.05) is 0 Å². The van der Waals surface area contributed by atoms with Crippen molar-refractivity contribution in [3.8, 4) is 0 Å². The minimum atomic E-state index is -1.29. The van der Waals surface area contributed by atoms with Crippen molar-refractivity contribution in [1.82, 2.24) is 4.90 Å². The van der Waals surface area contributed by atoms with Crippen LogP contribution in [0.25, 0.3) is 0 Å². The molecule has 0 rings (SSSR count). The van der Waals surface area contributed by atoms with Crippen LogP contribution in [-0.4, -0.2) is 57.5 Å². The Labute approximate surface area is 192 Å². The third-order valence-corrected chi connectivity index (χ3v) is 5.73. The standard InChI is InChI=1S/C24H51NO4.ClH/c1-2-3-4-5-6-7-8-9-10-11-12-13-14-15-16-17-20-25(21-18-23(26)27)22-19-24(28)29;/h23-24,26-29H,2-22H2,1H3;1H. The predicted octanol–water partition coefficient (Wildman–Crippen LogP) is 5.37. The van der Waals surface area contributed by atoms with Crippen LogP contribution in [0.15, 0.2) is 0 Å². The Balaban J connectivity index is 0. The smallest absolute Gasteiger partial charge is 0.152 e. The van der Waals surface area contributed by atoms with Gasteiger partial charge in [-0.1, -0.05) is 103 Å². The number of rotatable bonds is 23. The van der Waals surface area contributed by atoms with Gasteiger partial charge in [-0.2, -0.15) is 0 Å². The van der Waals surface area contributed by atoms with Crippen molar-refractivity contribution in [2.24, 2.45) is 0 Å². The molecule has 0 aromatic rings. The zero-order valence-electron chi connectivity index (χ0n) is 19.6. The van der Waals surface area contributed by atoms with Crippen LogP contribution in [0.3, 0.4) is 0 Å². The summed E-state index contributed by atoms with van der Waals surface area (Å²) in [5, 5.41) is 36.1. The Bertz CT molecular complexity index is 308. The van der Waals surface area contributed by atoms with Crippen LogP contribution in [0.2, 0.25) is 0 Å². The van der Waals surface area contributed by atoms with E-state index in [4.69, 9.17) is 20.4 Å². The average molecular weight is 454 g/mol. The Kier molecular flexibility index (Phi) is 27.3. The van der Waals surface area contributed by atoms with E-state index in [-0.39, 0.29) is 12.4 Å². The highest BCUT2D eigenvalue weighted by Crippen LogP contribution is 2.14. The van der Waals surface area contributed by atoms with Gasteiger partial charge in [0, 0.05) is 25.9 Å². The molecule has 0 aliphatic carbocycles. The van der Waals surface area contributed by atoms with Gasteiger partial charge in [-0.15, -0.1) is 12.4 Å². The van der Waals surface area contributed by atoms with Crippen LogP contribution < -0.4 is 0 Å². The van der Waals surface area contributed by atoms with E-state index in [1.54, 1.807) is 0 Å². The number of aliphatic hydroxyl groups is 4. The molecule has 6 heteroatoms. The highest BCUT2D eigenvalue weighted by atomic mass is 35.5. The second-order valence-corrected chi connectivity index (χ2v) is 8.68. The average Bonchev–Trinajstić information content (AvgIpc) is 2.68. The van der Waals surface area contributed by atoms with Crippen molar-refractivity contribution >= 4 is 12.4 Å². The number of nitrogens with zero attached hydrogens (tertiary/aromatic N) is 1. The van der Waals surface area contributed by atoms with Crippen LogP contribution in [0.5, 0.6) is 0 Å². The molecule has 0 radical (unpaired) electrons. The third kappa shape index (κ3) is 26.1. The second kappa shape index (κ2) is 25.4. The molecular formula is C24H52ClNO4. The van der Waals surface area contributed by atoms with Crippen molar-refractivity contribution in [2.75, 3.05) is 19.6 Å². The van der Waals surface area contributed by atoms with Crippen LogP contribution in [0.1, 0.15) is 122 Å². The fourth-order valence-electron chi connectivity index (χ4n) is 3.82. The molecular weight excluding hydrogens is 402 g/mol. The summed E-state index contributed by atoms with van der Waals surface area (Å²) < 4.78 is 0. The molecule has 0 amide bonds. The number of hydrogen-bond donors (Lipinski definition) is 4. The Morgan fingerprint density at radius 2 is 0.767 bits per heavy atom. The Morgan fingerprint density at radius 1 is 0.467 bits per heavy atom. The van der Waals surface area contributed by atoms with E-state index < -0.39 is 12.6 Å². The maximum atomic E-state index is 9.02. The monoisotopic (exact) mass is 453 g/mol. The van der Waals surface area contributed by atoms with Gasteiger partial charge in [-0.05, 0) is 13.0 Å². The quantitative estimate of drug-likeness (QED) is 0.123. The topological polar surface area (TPSA) is 84.2 Å². The number of hydrogen-bond acceptors (Lipinski definition) is 5. The summed E-state index contributed by atoms with van der Waals surface area (Å²) in [6.07, 6.45) is 19.6. The van der Waals surface area contributed by atoms with Gasteiger partial charge in [0.2, 0.25) is 0 Å². The summed E-state index contributed by atoms with van der Waals surface area (Å²) >= 11 is 0. The third-order valence-electron chi connectivity index (χ3n) is 5.73. The maximum Gasteiger partial charge on any atom is 0.152 e. The lowest BCUT2D eigenvalue weighted by atomic mass is 10.0. The first-order valence-electron chi connectivity index (χ1n) is 12.5. The number of aliphatic hydroxyl groups excluding tert-OH is 2. The molecule has 0 spiro atoms. The van der Waals surface area contributed by atoms with Gasteiger partial charge < -0.3 is 25.3 Å². The van der Waals surface area contributed by atoms with Crippen LogP contribution in [0, 0.1) is 0 Å². The fraction of sp³-hybridized carbons (Fsp3) is 1.00. The van der Waals surface area contributed by atoms with Gasteiger partial charge in [0.15, 0.2) is 12.6 Å². The molecule has 0 unspecified atom stereocenters. The SMILES string of the molecule is CCCCCCCCCCCCCCCCCCN(CCC(O)O)CCC(O)O.Cl. The highest BCUT2D eigenvalue weighted by molar-refractivity contribution is 5.85. The summed E-state index contributed by atoms with van der Waals surface area (Å²) in [7, 11) is 0. The molecule has 0 aromatic carbocycles. The molecule has 0 aliphatic heterocycles. The van der Waals surface area contributed by atoms with E-state index in [9.17, 15) is 0 Å². The van der Waals surface area contributed by atoms with Crippen molar-refractivity contribution < 1.29 is 20.4 Å². The summed E-state index contributed by atoms with van der Waals surface area (Å²) in [6.45, 7) is 4.33. The zero-order valence-corrected chi connectivity index (χ0v) is 20.5. The largest absolute Gasteiger partial charge is 0.368 e. The molecule has 0 aromatic heterocycles. The lowest BCUT2D eigenvalue weighted by Crippen LogP contribution is -2.31. The van der Waals surface area contributed by atoms with Gasteiger partial charge in [0.1, 0.15) is 0 Å². The van der Waals surface area contributed by atoms with Gasteiger partial charge in [-0.25, -0.2) is 0 Å². The molecule has 0 aliphatic rings. The summed E-state index contributed by atoms with van der Waals surface area (Å²) in [4.78, 5) is 2.10. The molecule has 4 N–H and O–H groups in total. The first kappa shape index (κ1) is 32.3. The van der Waals surface area contributed by atoms with Crippen LogP contribution in [0.4, 0.5) is 0 Å². The van der Waals surface area contributed by atoms with E-state index in [0.29, 0.717) is 25.9 Å². The Hall–Kier alpha value is 0.0900. The molecule has 0 fully saturated rings. The van der Waals surface area contributed by atoms with Crippen molar-refractivity contribution in [3.05, 3.63) is 0 Å². The highest BCUT2D eigenvalue weighted by Gasteiger charge is 2.09. The summed E-state index contributed by atoms with van der Waals surface area (Å²) in [5.41, 5.74) is 0. The summed E-state index contributed by atoms with van der Waals surface area (Å²) in [6, 6.07) is 0. The van der Waals surface area contributed by atoms with E-state index in [1.165, 1.54) is 96.3 Å². The first-order valence-corrected chi connectivity index (χ1v) is 12.5. The lowest BCUT2D eigenvalue weighted by molar-refractivity contribution is -0.0595. The maximum absolute atomic E-state index is 9.02. The molecule has 5 nitrogen and oxygen atoms in total. The van der Waals surface area contributed by atoms with E-state index >= 15 is 0 Å². The molecule has 0 heterocycles. The molecule has 184 valence electrons. The Morgan fingerprint density at radius 3 is 1.07 bits per heavy atom. The predicted molar refractivity (Wildman–Crippen MR) is 129 cm³/mol. The number of unbranched alkanes of at least 4 members (excludes halogenated alkanes) is 15. The zero-order chi connectivity index (χ0) is 21.6. The fourth-order valence-corrected chi connectivity index (χ4v) is 3.82. The van der Waals surface area contributed by atoms with Gasteiger partial charge >= 0.3 is 0 Å². The van der Waals surface area contributed by atoms with Crippen LogP contribution >= 0.6 is 12.4 Å². The van der Waals surface area contributed by atoms with Crippen LogP contribution in [-0.2, 0) is 0 Å². The normalized spacial score (nSPS) is 11.6. The van der Waals surface area contributed by atoms with Gasteiger partial charge in [-0.3, -0.25) is 0 Å². The van der Waals surface area contributed by atoms with E-state index in [0.717, 1.165) is 13.0 Å². The lowest BCUT2D eigenvalue weighted by Gasteiger charge is -2.23. The molecule has 0 saturated carbocycles. The van der Waals surface area contributed by atoms with E-state index in [2.05, 4.69) is 11.8 Å². The minimum absolute atomic E-state index is 0. The minimum Gasteiger partial charge on any atom is -0.368 e. The van der Waals surface area contributed by atoms with Crippen molar-refractivity contribution in [1.29, 1.82) is 0 Å². The summed E-state index contributed by atoms with van der Waals surface area (Å²) in [5.74, 6) is 0. The molecule has 0 atom stereocenters. The molecule has 0 saturated heterocycles. The van der Waals surface area contributed by atoms with Gasteiger partial charge in [0.05, 0.1) is 0 Å². The van der Waals surface area contributed by atoms with Gasteiger partial charge in [0.25, 0.3) is 0 Å². The second-order valence-electron chi connectivity index (χ2n) is 8.68. The molecule has 30 heavy (non-hydrogen) atoms. The molecule has 0 bridgehead atoms. The van der Waals surface area contributed by atoms with Crippen molar-refractivity contribution in [3.63, 3.8) is 0 Å².